The lowest BCUT2D eigenvalue weighted by Crippen LogP contribution is -2.04. The molecule has 13 heavy (non-hydrogen) atoms. The summed E-state index contributed by atoms with van der Waals surface area (Å²) in [5, 5.41) is 0. The lowest BCUT2D eigenvalue weighted by atomic mass is 10.1. The zero-order valence-corrected chi connectivity index (χ0v) is 8.54. The number of allylic oxidation sites excluding steroid dienone is 1. The minimum Gasteiger partial charge on any atom is -0.397 e. The van der Waals surface area contributed by atoms with Gasteiger partial charge in [0.1, 0.15) is 5.70 Å². The van der Waals surface area contributed by atoms with Crippen LogP contribution in [0.1, 0.15) is 20.8 Å². The van der Waals surface area contributed by atoms with E-state index in [0.717, 1.165) is 5.70 Å². The van der Waals surface area contributed by atoms with Gasteiger partial charge in [0, 0.05) is 6.21 Å². The molecule has 0 unspecified atom stereocenters. The van der Waals surface area contributed by atoms with E-state index in [1.165, 1.54) is 0 Å². The van der Waals surface area contributed by atoms with Crippen molar-refractivity contribution in [2.75, 3.05) is 0 Å². The van der Waals surface area contributed by atoms with Crippen LogP contribution in [-0.2, 0) is 0 Å². The van der Waals surface area contributed by atoms with E-state index in [4.69, 9.17) is 5.73 Å². The molecule has 0 radical (unpaired) electrons. The molecule has 0 bridgehead atoms. The lowest BCUT2D eigenvalue weighted by Gasteiger charge is -2.09. The highest BCUT2D eigenvalue weighted by Crippen LogP contribution is 2.19. The zero-order valence-electron chi connectivity index (χ0n) is 8.54. The molecular weight excluding hydrogens is 162 g/mol. The molecule has 0 atom stereocenters. The molecule has 0 rings (SSSR count). The quantitative estimate of drug-likeness (QED) is 0.521. The average Bonchev–Trinajstić information content (AvgIpc) is 2.03. The summed E-state index contributed by atoms with van der Waals surface area (Å²) in [6.07, 6.45) is 1.67. The van der Waals surface area contributed by atoms with Crippen molar-refractivity contribution in [3.05, 3.63) is 23.7 Å². The standard InChI is InChI=1S/C10H17N3/c1-6-13-10(8(4)11)9(12-5)7(2)3/h6-7H,4-5,11H2,1-3H3/b10-9+,13-6?. The van der Waals surface area contributed by atoms with E-state index >= 15 is 0 Å². The van der Waals surface area contributed by atoms with Gasteiger partial charge in [-0.2, -0.15) is 0 Å². The first-order chi connectivity index (χ1) is 6.04. The van der Waals surface area contributed by atoms with Gasteiger partial charge in [0.05, 0.1) is 11.4 Å². The minimum absolute atomic E-state index is 0.247. The summed E-state index contributed by atoms with van der Waals surface area (Å²) in [6, 6.07) is 0. The highest BCUT2D eigenvalue weighted by atomic mass is 14.9. The van der Waals surface area contributed by atoms with Crippen LogP contribution in [0.3, 0.4) is 0 Å². The van der Waals surface area contributed by atoms with E-state index in [2.05, 4.69) is 23.3 Å². The largest absolute Gasteiger partial charge is 0.397 e. The molecular formula is C10H17N3. The van der Waals surface area contributed by atoms with Crippen molar-refractivity contribution >= 4 is 12.9 Å². The van der Waals surface area contributed by atoms with Crippen molar-refractivity contribution in [1.82, 2.24) is 0 Å². The van der Waals surface area contributed by atoms with Gasteiger partial charge in [-0.15, -0.1) is 0 Å². The van der Waals surface area contributed by atoms with Crippen molar-refractivity contribution in [3.8, 4) is 0 Å². The predicted molar refractivity (Wildman–Crippen MR) is 58.9 cm³/mol. The third kappa shape index (κ3) is 3.23. The zero-order chi connectivity index (χ0) is 10.4. The molecule has 0 aromatic carbocycles. The first kappa shape index (κ1) is 11.6. The second-order valence-corrected chi connectivity index (χ2v) is 2.96. The van der Waals surface area contributed by atoms with Crippen LogP contribution in [0, 0.1) is 5.92 Å². The van der Waals surface area contributed by atoms with Gasteiger partial charge >= 0.3 is 0 Å². The summed E-state index contributed by atoms with van der Waals surface area (Å²) in [5.41, 5.74) is 7.42. The monoisotopic (exact) mass is 179 g/mol. The molecule has 0 fully saturated rings. The maximum absolute atomic E-state index is 5.58. The molecule has 0 saturated carbocycles. The molecule has 0 saturated heterocycles. The van der Waals surface area contributed by atoms with E-state index in [-0.39, 0.29) is 5.92 Å². The maximum Gasteiger partial charge on any atom is 0.107 e. The Balaban J connectivity index is 5.25. The molecule has 0 aliphatic carbocycles. The Morgan fingerprint density at radius 1 is 1.46 bits per heavy atom. The van der Waals surface area contributed by atoms with Crippen LogP contribution >= 0.6 is 0 Å². The van der Waals surface area contributed by atoms with E-state index in [1.807, 2.05) is 20.8 Å². The summed E-state index contributed by atoms with van der Waals surface area (Å²) in [6.45, 7) is 13.0. The number of hydrogen-bond acceptors (Lipinski definition) is 3. The Bertz CT molecular complexity index is 259. The number of nitrogens with zero attached hydrogens (tertiary/aromatic N) is 2. The van der Waals surface area contributed by atoms with Gasteiger partial charge in [0.2, 0.25) is 0 Å². The maximum atomic E-state index is 5.58. The van der Waals surface area contributed by atoms with Gasteiger partial charge in [-0.3, -0.25) is 9.98 Å². The van der Waals surface area contributed by atoms with Crippen LogP contribution < -0.4 is 5.73 Å². The van der Waals surface area contributed by atoms with Crippen molar-refractivity contribution in [3.63, 3.8) is 0 Å². The smallest absolute Gasteiger partial charge is 0.107 e. The fraction of sp³-hybridized carbons (Fsp3) is 0.400. The number of aliphatic imine (C=N–C) groups is 2. The molecule has 0 heterocycles. The van der Waals surface area contributed by atoms with E-state index in [9.17, 15) is 0 Å². The fourth-order valence-corrected chi connectivity index (χ4v) is 0.974. The number of hydrogen-bond donors (Lipinski definition) is 1. The average molecular weight is 179 g/mol. The van der Waals surface area contributed by atoms with E-state index < -0.39 is 0 Å². The first-order valence-corrected chi connectivity index (χ1v) is 4.18. The van der Waals surface area contributed by atoms with Gasteiger partial charge < -0.3 is 5.73 Å². The summed E-state index contributed by atoms with van der Waals surface area (Å²) in [5.74, 6) is 0.247. The Morgan fingerprint density at radius 2 is 2.00 bits per heavy atom. The molecule has 0 aliphatic heterocycles. The van der Waals surface area contributed by atoms with Crippen LogP contribution in [0.4, 0.5) is 0 Å². The molecule has 3 nitrogen and oxygen atoms in total. The highest BCUT2D eigenvalue weighted by molar-refractivity contribution is 5.57. The van der Waals surface area contributed by atoms with Gasteiger partial charge in [-0.1, -0.05) is 20.4 Å². The highest BCUT2D eigenvalue weighted by Gasteiger charge is 2.08. The van der Waals surface area contributed by atoms with Crippen LogP contribution in [0.2, 0.25) is 0 Å². The normalized spacial score (nSPS) is 13.2. The van der Waals surface area contributed by atoms with Crippen molar-refractivity contribution in [1.29, 1.82) is 0 Å². The molecule has 0 amide bonds. The van der Waals surface area contributed by atoms with Gasteiger partial charge in [-0.05, 0) is 19.6 Å². The summed E-state index contributed by atoms with van der Waals surface area (Å²) >= 11 is 0. The first-order valence-electron chi connectivity index (χ1n) is 4.18. The molecule has 72 valence electrons. The number of nitrogens with two attached hydrogens (primary N) is 1. The Kier molecular flexibility index (Phi) is 4.74. The number of rotatable bonds is 4. The van der Waals surface area contributed by atoms with Crippen LogP contribution in [-0.4, -0.2) is 12.9 Å². The van der Waals surface area contributed by atoms with Crippen LogP contribution in [0.25, 0.3) is 0 Å². The minimum atomic E-state index is 0.247. The van der Waals surface area contributed by atoms with Crippen molar-refractivity contribution in [2.24, 2.45) is 21.6 Å². The lowest BCUT2D eigenvalue weighted by molar-refractivity contribution is 0.746. The van der Waals surface area contributed by atoms with E-state index in [1.54, 1.807) is 6.21 Å². The molecule has 0 aromatic rings. The second kappa shape index (κ2) is 5.30. The van der Waals surface area contributed by atoms with E-state index in [0.29, 0.717) is 11.4 Å². The third-order valence-electron chi connectivity index (χ3n) is 1.52. The molecule has 0 aliphatic rings. The Morgan fingerprint density at radius 3 is 2.23 bits per heavy atom. The van der Waals surface area contributed by atoms with Crippen LogP contribution in [0.15, 0.2) is 33.7 Å². The SMILES string of the molecule is C=N/C(=C(/N=CC)C(=C)N)C(C)C. The Hall–Kier alpha value is -1.38. The Labute approximate surface area is 79.8 Å². The van der Waals surface area contributed by atoms with Crippen molar-refractivity contribution in [2.45, 2.75) is 20.8 Å². The predicted octanol–water partition coefficient (Wildman–Crippen LogP) is 2.12. The van der Waals surface area contributed by atoms with Crippen LogP contribution in [0.5, 0.6) is 0 Å². The summed E-state index contributed by atoms with van der Waals surface area (Å²) in [7, 11) is 0. The molecule has 0 spiro atoms. The van der Waals surface area contributed by atoms with Gasteiger partial charge in [0.15, 0.2) is 0 Å². The molecule has 0 aromatic heterocycles. The third-order valence-corrected chi connectivity index (χ3v) is 1.52. The molecule has 3 heteroatoms. The summed E-state index contributed by atoms with van der Waals surface area (Å²) in [4.78, 5) is 8.02. The topological polar surface area (TPSA) is 50.7 Å². The van der Waals surface area contributed by atoms with Crippen molar-refractivity contribution < 1.29 is 0 Å². The fourth-order valence-electron chi connectivity index (χ4n) is 0.974. The summed E-state index contributed by atoms with van der Waals surface area (Å²) < 4.78 is 0. The van der Waals surface area contributed by atoms with Gasteiger partial charge in [-0.25, -0.2) is 0 Å². The van der Waals surface area contributed by atoms with Gasteiger partial charge in [0.25, 0.3) is 0 Å². The molecule has 2 N–H and O–H groups in total. The second-order valence-electron chi connectivity index (χ2n) is 2.96.